The average Bonchev–Trinajstić information content (AvgIpc) is 2.39. The Bertz CT molecular complexity index is 433. The predicted molar refractivity (Wildman–Crippen MR) is 76.1 cm³/mol. The van der Waals surface area contributed by atoms with E-state index in [0.29, 0.717) is 17.9 Å². The topological polar surface area (TPSA) is 59.6 Å². The van der Waals surface area contributed by atoms with Gasteiger partial charge >= 0.3 is 0 Å². The summed E-state index contributed by atoms with van der Waals surface area (Å²) >= 11 is 0. The molecule has 1 rings (SSSR count). The normalized spacial score (nSPS) is 10.1. The molecule has 19 heavy (non-hydrogen) atoms. The van der Waals surface area contributed by atoms with Crippen molar-refractivity contribution < 1.29 is 14.3 Å². The van der Waals surface area contributed by atoms with Crippen LogP contribution in [0.4, 0.5) is 5.69 Å². The summed E-state index contributed by atoms with van der Waals surface area (Å²) in [5.74, 6) is 1.37. The zero-order valence-corrected chi connectivity index (χ0v) is 12.0. The largest absolute Gasteiger partial charge is 0.496 e. The van der Waals surface area contributed by atoms with Crippen molar-refractivity contribution in [2.45, 2.75) is 19.8 Å². The minimum atomic E-state index is -0.0156. The lowest BCUT2D eigenvalue weighted by atomic mass is 10.1. The van der Waals surface area contributed by atoms with Crippen LogP contribution in [0.25, 0.3) is 0 Å². The van der Waals surface area contributed by atoms with Crippen LogP contribution in [0, 0.1) is 6.92 Å². The molecule has 0 aliphatic carbocycles. The molecule has 0 atom stereocenters. The molecule has 0 radical (unpaired) electrons. The minimum Gasteiger partial charge on any atom is -0.496 e. The van der Waals surface area contributed by atoms with Crippen molar-refractivity contribution in [3.63, 3.8) is 0 Å². The van der Waals surface area contributed by atoms with Crippen molar-refractivity contribution in [1.29, 1.82) is 0 Å². The predicted octanol–water partition coefficient (Wildman–Crippen LogP) is 1.95. The Kier molecular flexibility index (Phi) is 6.15. The molecule has 0 aromatic heterocycles. The third kappa shape index (κ3) is 4.13. The molecule has 0 spiro atoms. The standard InChI is InChI=1S/C14H22N2O3/c1-10-12(18-3)8-7-11(14(10)19-4)16-13(17)6-5-9-15-2/h7-8,15H,5-6,9H2,1-4H3,(H,16,17). The number of hydrogen-bond acceptors (Lipinski definition) is 4. The number of methoxy groups -OCH3 is 2. The Morgan fingerprint density at radius 1 is 1.26 bits per heavy atom. The number of carbonyl (C=O) groups is 1. The van der Waals surface area contributed by atoms with E-state index in [1.807, 2.05) is 20.0 Å². The van der Waals surface area contributed by atoms with E-state index in [0.717, 1.165) is 24.3 Å². The van der Waals surface area contributed by atoms with E-state index < -0.39 is 0 Å². The fraction of sp³-hybridized carbons (Fsp3) is 0.500. The van der Waals surface area contributed by atoms with Gasteiger partial charge < -0.3 is 20.1 Å². The second-order valence-corrected chi connectivity index (χ2v) is 4.23. The third-order valence-electron chi connectivity index (χ3n) is 2.88. The molecule has 0 unspecified atom stereocenters. The second kappa shape index (κ2) is 7.63. The molecule has 0 saturated heterocycles. The first-order valence-corrected chi connectivity index (χ1v) is 6.30. The van der Waals surface area contributed by atoms with Gasteiger partial charge in [0.15, 0.2) is 0 Å². The minimum absolute atomic E-state index is 0.0156. The monoisotopic (exact) mass is 266 g/mol. The second-order valence-electron chi connectivity index (χ2n) is 4.23. The van der Waals surface area contributed by atoms with Gasteiger partial charge in [0.1, 0.15) is 11.5 Å². The summed E-state index contributed by atoms with van der Waals surface area (Å²) in [5.41, 5.74) is 1.55. The summed E-state index contributed by atoms with van der Waals surface area (Å²) in [6, 6.07) is 3.61. The Morgan fingerprint density at radius 3 is 2.58 bits per heavy atom. The molecule has 5 nitrogen and oxygen atoms in total. The van der Waals surface area contributed by atoms with Crippen LogP contribution in [0.1, 0.15) is 18.4 Å². The van der Waals surface area contributed by atoms with Crippen LogP contribution in [-0.2, 0) is 4.79 Å². The summed E-state index contributed by atoms with van der Waals surface area (Å²) in [4.78, 5) is 11.8. The summed E-state index contributed by atoms with van der Waals surface area (Å²) in [6.07, 6.45) is 1.29. The van der Waals surface area contributed by atoms with Crippen molar-refractivity contribution >= 4 is 11.6 Å². The Hall–Kier alpha value is -1.75. The lowest BCUT2D eigenvalue weighted by molar-refractivity contribution is -0.116. The molecule has 2 N–H and O–H groups in total. The molecule has 0 bridgehead atoms. The molecule has 0 aliphatic heterocycles. The van der Waals surface area contributed by atoms with Crippen LogP contribution in [0.5, 0.6) is 11.5 Å². The number of amides is 1. The van der Waals surface area contributed by atoms with E-state index in [2.05, 4.69) is 10.6 Å². The maximum absolute atomic E-state index is 11.8. The maximum atomic E-state index is 11.8. The van der Waals surface area contributed by atoms with E-state index in [4.69, 9.17) is 9.47 Å². The molecule has 5 heteroatoms. The number of benzene rings is 1. The molecule has 1 aromatic rings. The highest BCUT2D eigenvalue weighted by Gasteiger charge is 2.13. The van der Waals surface area contributed by atoms with Gasteiger partial charge in [0, 0.05) is 12.0 Å². The quantitative estimate of drug-likeness (QED) is 0.741. The summed E-state index contributed by atoms with van der Waals surface area (Å²) < 4.78 is 10.6. The van der Waals surface area contributed by atoms with Crippen molar-refractivity contribution in [1.82, 2.24) is 5.32 Å². The Labute approximate surface area is 114 Å². The number of anilines is 1. The van der Waals surface area contributed by atoms with Gasteiger partial charge in [0.2, 0.25) is 5.91 Å². The van der Waals surface area contributed by atoms with E-state index in [1.54, 1.807) is 20.3 Å². The van der Waals surface area contributed by atoms with Crippen molar-refractivity contribution in [3.05, 3.63) is 17.7 Å². The lowest BCUT2D eigenvalue weighted by Gasteiger charge is -2.15. The van der Waals surface area contributed by atoms with Crippen molar-refractivity contribution in [3.8, 4) is 11.5 Å². The van der Waals surface area contributed by atoms with E-state index in [1.165, 1.54) is 0 Å². The average molecular weight is 266 g/mol. The van der Waals surface area contributed by atoms with Gasteiger partial charge in [-0.05, 0) is 39.1 Å². The molecule has 0 saturated carbocycles. The molecular weight excluding hydrogens is 244 g/mol. The number of hydrogen-bond donors (Lipinski definition) is 2. The summed E-state index contributed by atoms with van der Waals surface area (Å²) in [5, 5.41) is 5.88. The lowest BCUT2D eigenvalue weighted by Crippen LogP contribution is -2.15. The number of rotatable bonds is 7. The molecule has 106 valence electrons. The Balaban J connectivity index is 2.78. The first kappa shape index (κ1) is 15.3. The van der Waals surface area contributed by atoms with Crippen LogP contribution in [0.15, 0.2) is 12.1 Å². The highest BCUT2D eigenvalue weighted by molar-refractivity contribution is 5.92. The summed E-state index contributed by atoms with van der Waals surface area (Å²) in [6.45, 7) is 2.72. The summed E-state index contributed by atoms with van der Waals surface area (Å²) in [7, 11) is 5.06. The molecule has 0 fully saturated rings. The van der Waals surface area contributed by atoms with Gasteiger partial charge in [-0.2, -0.15) is 0 Å². The highest BCUT2D eigenvalue weighted by Crippen LogP contribution is 2.34. The van der Waals surface area contributed by atoms with Gasteiger partial charge in [-0.3, -0.25) is 4.79 Å². The van der Waals surface area contributed by atoms with E-state index >= 15 is 0 Å². The molecular formula is C14H22N2O3. The van der Waals surface area contributed by atoms with E-state index in [-0.39, 0.29) is 5.91 Å². The number of nitrogens with one attached hydrogen (secondary N) is 2. The zero-order valence-electron chi connectivity index (χ0n) is 12.0. The Morgan fingerprint density at radius 2 is 2.00 bits per heavy atom. The van der Waals surface area contributed by atoms with Crippen LogP contribution < -0.4 is 20.1 Å². The molecule has 0 aliphatic rings. The van der Waals surface area contributed by atoms with Crippen molar-refractivity contribution in [2.24, 2.45) is 0 Å². The third-order valence-corrected chi connectivity index (χ3v) is 2.88. The highest BCUT2D eigenvalue weighted by atomic mass is 16.5. The molecule has 1 aromatic carbocycles. The SMILES string of the molecule is CNCCCC(=O)Nc1ccc(OC)c(C)c1OC. The van der Waals surface area contributed by atoms with Crippen LogP contribution in [-0.4, -0.2) is 33.7 Å². The number of carbonyl (C=O) groups excluding carboxylic acids is 1. The smallest absolute Gasteiger partial charge is 0.224 e. The van der Waals surface area contributed by atoms with Gasteiger partial charge in [-0.1, -0.05) is 0 Å². The van der Waals surface area contributed by atoms with Gasteiger partial charge in [-0.15, -0.1) is 0 Å². The van der Waals surface area contributed by atoms with Crippen LogP contribution in [0.3, 0.4) is 0 Å². The number of ether oxygens (including phenoxy) is 2. The molecule has 1 amide bonds. The van der Waals surface area contributed by atoms with Crippen LogP contribution in [0.2, 0.25) is 0 Å². The van der Waals surface area contributed by atoms with Crippen LogP contribution >= 0.6 is 0 Å². The van der Waals surface area contributed by atoms with Gasteiger partial charge in [0.25, 0.3) is 0 Å². The fourth-order valence-electron chi connectivity index (χ4n) is 1.89. The van der Waals surface area contributed by atoms with Gasteiger partial charge in [-0.25, -0.2) is 0 Å². The van der Waals surface area contributed by atoms with Crippen molar-refractivity contribution in [2.75, 3.05) is 33.1 Å². The molecule has 0 heterocycles. The fourth-order valence-corrected chi connectivity index (χ4v) is 1.89. The zero-order chi connectivity index (χ0) is 14.3. The maximum Gasteiger partial charge on any atom is 0.224 e. The van der Waals surface area contributed by atoms with Gasteiger partial charge in [0.05, 0.1) is 19.9 Å². The van der Waals surface area contributed by atoms with E-state index in [9.17, 15) is 4.79 Å². The first-order valence-electron chi connectivity index (χ1n) is 6.30. The first-order chi connectivity index (χ1) is 9.13.